The summed E-state index contributed by atoms with van der Waals surface area (Å²) in [5, 5.41) is 0.243. The number of amides is 2. The normalized spacial score (nSPS) is 15.6. The van der Waals surface area contributed by atoms with Crippen molar-refractivity contribution in [3.05, 3.63) is 87.7 Å². The van der Waals surface area contributed by atoms with Crippen molar-refractivity contribution < 1.29 is 18.4 Å². The minimum atomic E-state index is -0.381. The van der Waals surface area contributed by atoms with E-state index in [1.165, 1.54) is 23.1 Å². The smallest absolute Gasteiger partial charge is 0.293 e. The van der Waals surface area contributed by atoms with E-state index >= 15 is 0 Å². The molecule has 0 bridgehead atoms. The fourth-order valence-electron chi connectivity index (χ4n) is 2.77. The van der Waals surface area contributed by atoms with Crippen LogP contribution in [0.15, 0.2) is 70.0 Å². The number of carbonyl (C=O) groups is 2. The van der Waals surface area contributed by atoms with Gasteiger partial charge in [0.25, 0.3) is 11.1 Å². The monoisotopic (exact) mass is 413 g/mol. The van der Waals surface area contributed by atoms with Crippen LogP contribution < -0.4 is 0 Å². The van der Waals surface area contributed by atoms with Crippen molar-refractivity contribution in [2.45, 2.75) is 6.54 Å². The molecule has 1 saturated heterocycles. The summed E-state index contributed by atoms with van der Waals surface area (Å²) in [6.07, 6.45) is 1.52. The number of rotatable bonds is 4. The number of hydrogen-bond acceptors (Lipinski definition) is 4. The fourth-order valence-corrected chi connectivity index (χ4v) is 3.71. The lowest BCUT2D eigenvalue weighted by Gasteiger charge is -2.12. The Morgan fingerprint density at radius 2 is 1.86 bits per heavy atom. The van der Waals surface area contributed by atoms with Gasteiger partial charge in [0, 0.05) is 16.7 Å². The summed E-state index contributed by atoms with van der Waals surface area (Å²) in [6.45, 7) is 0.172. The van der Waals surface area contributed by atoms with Crippen LogP contribution in [-0.4, -0.2) is 16.0 Å². The van der Waals surface area contributed by atoms with Crippen molar-refractivity contribution in [3.8, 4) is 11.3 Å². The number of carbonyl (C=O) groups excluding carboxylic acids is 2. The summed E-state index contributed by atoms with van der Waals surface area (Å²) in [4.78, 5) is 26.3. The lowest BCUT2D eigenvalue weighted by atomic mass is 10.2. The molecule has 0 atom stereocenters. The number of furan rings is 1. The molecule has 2 aromatic carbocycles. The Morgan fingerprint density at radius 1 is 1.07 bits per heavy atom. The highest BCUT2D eigenvalue weighted by Crippen LogP contribution is 2.34. The number of benzene rings is 2. The SMILES string of the molecule is O=C1S/C(=C/c2ccc(-c3cccc(F)c3)o2)C(=O)N1Cc1ccc(Cl)cc1. The zero-order chi connectivity index (χ0) is 19.7. The molecule has 2 amide bonds. The van der Waals surface area contributed by atoms with Gasteiger partial charge in [0.05, 0.1) is 11.4 Å². The molecule has 1 aromatic heterocycles. The second-order valence-electron chi connectivity index (χ2n) is 6.11. The third-order valence-electron chi connectivity index (χ3n) is 4.14. The molecule has 140 valence electrons. The molecule has 0 saturated carbocycles. The maximum atomic E-state index is 13.4. The minimum absolute atomic E-state index is 0.172. The molecule has 1 aliphatic heterocycles. The Bertz CT molecular complexity index is 1090. The Morgan fingerprint density at radius 3 is 2.61 bits per heavy atom. The first kappa shape index (κ1) is 18.5. The molecule has 0 aliphatic carbocycles. The van der Waals surface area contributed by atoms with Gasteiger partial charge in [0.2, 0.25) is 0 Å². The summed E-state index contributed by atoms with van der Waals surface area (Å²) >= 11 is 6.72. The zero-order valence-corrected chi connectivity index (χ0v) is 16.0. The first-order valence-corrected chi connectivity index (χ1v) is 9.54. The molecule has 4 nitrogen and oxygen atoms in total. The van der Waals surface area contributed by atoms with Gasteiger partial charge >= 0.3 is 0 Å². The highest BCUT2D eigenvalue weighted by Gasteiger charge is 2.35. The number of imide groups is 1. The van der Waals surface area contributed by atoms with Crippen LogP contribution in [0.5, 0.6) is 0 Å². The van der Waals surface area contributed by atoms with E-state index in [9.17, 15) is 14.0 Å². The largest absolute Gasteiger partial charge is 0.457 e. The molecule has 2 heterocycles. The van der Waals surface area contributed by atoms with Gasteiger partial charge in [-0.05, 0) is 53.7 Å². The van der Waals surface area contributed by atoms with Crippen LogP contribution in [0.3, 0.4) is 0 Å². The van der Waals surface area contributed by atoms with Gasteiger partial charge in [-0.15, -0.1) is 0 Å². The first-order valence-electron chi connectivity index (χ1n) is 8.35. The van der Waals surface area contributed by atoms with E-state index in [4.69, 9.17) is 16.0 Å². The van der Waals surface area contributed by atoms with Crippen LogP contribution in [-0.2, 0) is 11.3 Å². The zero-order valence-electron chi connectivity index (χ0n) is 14.4. The van der Waals surface area contributed by atoms with Crippen molar-refractivity contribution in [2.75, 3.05) is 0 Å². The second kappa shape index (κ2) is 7.66. The fraction of sp³-hybridized carbons (Fsp3) is 0.0476. The van der Waals surface area contributed by atoms with Crippen molar-refractivity contribution >= 4 is 40.6 Å². The van der Waals surface area contributed by atoms with E-state index < -0.39 is 0 Å². The Kier molecular flexibility index (Phi) is 5.07. The summed E-state index contributed by atoms with van der Waals surface area (Å²) in [6, 6.07) is 16.4. The van der Waals surface area contributed by atoms with E-state index in [1.54, 1.807) is 48.5 Å². The molecule has 1 aliphatic rings. The number of thioether (sulfide) groups is 1. The molecule has 3 aromatic rings. The van der Waals surface area contributed by atoms with Crippen LogP contribution in [0.2, 0.25) is 5.02 Å². The molecule has 7 heteroatoms. The predicted octanol–water partition coefficient (Wildman–Crippen LogP) is 5.98. The van der Waals surface area contributed by atoms with E-state index in [0.29, 0.717) is 22.1 Å². The summed E-state index contributed by atoms with van der Waals surface area (Å²) in [5.74, 6) is 0.148. The van der Waals surface area contributed by atoms with Crippen LogP contribution >= 0.6 is 23.4 Å². The molecular weight excluding hydrogens is 401 g/mol. The molecule has 28 heavy (non-hydrogen) atoms. The maximum Gasteiger partial charge on any atom is 0.293 e. The van der Waals surface area contributed by atoms with Crippen molar-refractivity contribution in [1.29, 1.82) is 0 Å². The van der Waals surface area contributed by atoms with Crippen LogP contribution in [0.25, 0.3) is 17.4 Å². The maximum absolute atomic E-state index is 13.4. The molecule has 0 spiro atoms. The molecule has 0 unspecified atom stereocenters. The summed E-state index contributed by atoms with van der Waals surface area (Å²) < 4.78 is 19.1. The Labute approximate surface area is 169 Å². The number of halogens is 2. The minimum Gasteiger partial charge on any atom is -0.457 e. The topological polar surface area (TPSA) is 50.5 Å². The van der Waals surface area contributed by atoms with E-state index in [1.807, 2.05) is 0 Å². The molecule has 4 rings (SSSR count). The van der Waals surface area contributed by atoms with Crippen molar-refractivity contribution in [1.82, 2.24) is 4.90 Å². The van der Waals surface area contributed by atoms with Crippen LogP contribution in [0.1, 0.15) is 11.3 Å². The van der Waals surface area contributed by atoms with Gasteiger partial charge in [-0.2, -0.15) is 0 Å². The summed E-state index contributed by atoms with van der Waals surface area (Å²) in [7, 11) is 0. The van der Waals surface area contributed by atoms with Crippen LogP contribution in [0.4, 0.5) is 9.18 Å². The predicted molar refractivity (Wildman–Crippen MR) is 107 cm³/mol. The standard InChI is InChI=1S/C21H13ClFNO3S/c22-15-6-4-13(5-7-15)12-24-20(25)19(28-21(24)26)11-17-8-9-18(27-17)14-2-1-3-16(23)10-14/h1-11H,12H2/b19-11+. The Balaban J connectivity index is 1.53. The quantitative estimate of drug-likeness (QED) is 0.494. The van der Waals surface area contributed by atoms with Crippen LogP contribution in [0, 0.1) is 5.82 Å². The van der Waals surface area contributed by atoms with E-state index in [0.717, 1.165) is 17.3 Å². The van der Waals surface area contributed by atoms with Gasteiger partial charge in [-0.25, -0.2) is 4.39 Å². The molecule has 0 N–H and O–H groups in total. The second-order valence-corrected chi connectivity index (χ2v) is 7.54. The van der Waals surface area contributed by atoms with Gasteiger partial charge in [-0.1, -0.05) is 35.9 Å². The third-order valence-corrected chi connectivity index (χ3v) is 5.30. The van der Waals surface area contributed by atoms with E-state index in [-0.39, 0.29) is 28.4 Å². The molecule has 1 fully saturated rings. The number of nitrogens with zero attached hydrogens (tertiary/aromatic N) is 1. The molecular formula is C21H13ClFNO3S. The van der Waals surface area contributed by atoms with E-state index in [2.05, 4.69) is 0 Å². The van der Waals surface area contributed by atoms with Crippen molar-refractivity contribution in [2.24, 2.45) is 0 Å². The van der Waals surface area contributed by atoms with Gasteiger partial charge in [0.1, 0.15) is 17.3 Å². The highest BCUT2D eigenvalue weighted by atomic mass is 35.5. The average molecular weight is 414 g/mol. The van der Waals surface area contributed by atoms with Gasteiger partial charge in [0.15, 0.2) is 0 Å². The molecule has 0 radical (unpaired) electrons. The third kappa shape index (κ3) is 3.88. The lowest BCUT2D eigenvalue weighted by molar-refractivity contribution is -0.123. The number of hydrogen-bond donors (Lipinski definition) is 0. The lowest BCUT2D eigenvalue weighted by Crippen LogP contribution is -2.27. The van der Waals surface area contributed by atoms with Gasteiger partial charge in [-0.3, -0.25) is 14.5 Å². The summed E-state index contributed by atoms with van der Waals surface area (Å²) in [5.41, 5.74) is 1.40. The first-order chi connectivity index (χ1) is 13.5. The highest BCUT2D eigenvalue weighted by molar-refractivity contribution is 8.18. The van der Waals surface area contributed by atoms with Gasteiger partial charge < -0.3 is 4.42 Å². The Hall–Kier alpha value is -2.83. The van der Waals surface area contributed by atoms with Crippen molar-refractivity contribution in [3.63, 3.8) is 0 Å². The average Bonchev–Trinajstić information content (AvgIpc) is 3.24.